The average Bonchev–Trinajstić information content (AvgIpc) is 2.35. The molecular weight excluding hydrogens is 263 g/mol. The molecule has 0 fully saturated rings. The van der Waals surface area contributed by atoms with Crippen LogP contribution in [0.3, 0.4) is 0 Å². The molecule has 1 aromatic carbocycles. The van der Waals surface area contributed by atoms with Crippen molar-refractivity contribution < 1.29 is 19.1 Å². The largest absolute Gasteiger partial charge is 0.481 e. The van der Waals surface area contributed by atoms with Crippen LogP contribution in [0.15, 0.2) is 18.2 Å². The van der Waals surface area contributed by atoms with E-state index in [4.69, 9.17) is 5.11 Å². The third-order valence-corrected chi connectivity index (χ3v) is 3.11. The Hall–Kier alpha value is -2.11. The zero-order chi connectivity index (χ0) is 15.3. The number of rotatable bonds is 5. The number of halogens is 1. The van der Waals surface area contributed by atoms with Crippen molar-refractivity contribution >= 4 is 17.7 Å². The Morgan fingerprint density at radius 2 is 2.10 bits per heavy atom. The number of carbonyl (C=O) groups excluding carboxylic acids is 1. The van der Waals surface area contributed by atoms with Gasteiger partial charge in [0.25, 0.3) is 0 Å². The number of urea groups is 1. The van der Waals surface area contributed by atoms with E-state index in [0.29, 0.717) is 17.8 Å². The lowest BCUT2D eigenvalue weighted by Crippen LogP contribution is -2.42. The molecule has 1 atom stereocenters. The number of aliphatic carboxylic acids is 1. The molecule has 1 aromatic rings. The van der Waals surface area contributed by atoms with Gasteiger partial charge in [0.1, 0.15) is 5.82 Å². The van der Waals surface area contributed by atoms with Gasteiger partial charge in [-0.05, 0) is 32.9 Å². The topological polar surface area (TPSA) is 69.6 Å². The summed E-state index contributed by atoms with van der Waals surface area (Å²) in [5, 5.41) is 11.4. The van der Waals surface area contributed by atoms with Crippen LogP contribution in [0, 0.1) is 12.7 Å². The van der Waals surface area contributed by atoms with Gasteiger partial charge < -0.3 is 15.3 Å². The second-order valence-corrected chi connectivity index (χ2v) is 4.58. The molecule has 110 valence electrons. The number of nitrogens with zero attached hydrogens (tertiary/aromatic N) is 1. The lowest BCUT2D eigenvalue weighted by Gasteiger charge is -2.27. The van der Waals surface area contributed by atoms with Gasteiger partial charge in [0.05, 0.1) is 6.42 Å². The number of anilines is 1. The molecule has 0 aliphatic heterocycles. The maximum Gasteiger partial charge on any atom is 0.322 e. The predicted molar refractivity (Wildman–Crippen MR) is 74.3 cm³/mol. The van der Waals surface area contributed by atoms with Crippen molar-refractivity contribution in [2.75, 3.05) is 11.9 Å². The van der Waals surface area contributed by atoms with Crippen LogP contribution < -0.4 is 5.32 Å². The van der Waals surface area contributed by atoms with Gasteiger partial charge in [0.15, 0.2) is 0 Å². The Balaban J connectivity index is 2.82. The Bertz CT molecular complexity index is 505. The molecule has 5 nitrogen and oxygen atoms in total. The molecule has 0 heterocycles. The van der Waals surface area contributed by atoms with E-state index in [1.165, 1.54) is 17.0 Å². The predicted octanol–water partition coefficient (Wildman–Crippen LogP) is 2.85. The highest BCUT2D eigenvalue weighted by Crippen LogP contribution is 2.18. The zero-order valence-corrected chi connectivity index (χ0v) is 11.8. The van der Waals surface area contributed by atoms with E-state index in [1.54, 1.807) is 26.8 Å². The van der Waals surface area contributed by atoms with E-state index >= 15 is 0 Å². The number of hydrogen-bond donors (Lipinski definition) is 2. The van der Waals surface area contributed by atoms with Crippen molar-refractivity contribution in [3.63, 3.8) is 0 Å². The molecule has 0 spiro atoms. The van der Waals surface area contributed by atoms with Crippen LogP contribution >= 0.6 is 0 Å². The van der Waals surface area contributed by atoms with E-state index in [0.717, 1.165) is 0 Å². The first-order chi connectivity index (χ1) is 9.36. The first-order valence-corrected chi connectivity index (χ1v) is 6.41. The molecule has 0 radical (unpaired) electrons. The first kappa shape index (κ1) is 15.9. The smallest absolute Gasteiger partial charge is 0.322 e. The highest BCUT2D eigenvalue weighted by atomic mass is 19.1. The molecule has 0 aliphatic carbocycles. The lowest BCUT2D eigenvalue weighted by atomic mass is 10.2. The van der Waals surface area contributed by atoms with Crippen molar-refractivity contribution in [1.82, 2.24) is 4.90 Å². The molecule has 2 amide bonds. The molecule has 20 heavy (non-hydrogen) atoms. The summed E-state index contributed by atoms with van der Waals surface area (Å²) >= 11 is 0. The van der Waals surface area contributed by atoms with Crippen LogP contribution in [-0.4, -0.2) is 34.6 Å². The molecule has 6 heteroatoms. The van der Waals surface area contributed by atoms with E-state index in [2.05, 4.69) is 5.32 Å². The third-order valence-electron chi connectivity index (χ3n) is 3.11. The van der Waals surface area contributed by atoms with E-state index < -0.39 is 23.9 Å². The molecule has 0 aliphatic rings. The number of hydrogen-bond acceptors (Lipinski definition) is 2. The van der Waals surface area contributed by atoms with Gasteiger partial charge in [-0.1, -0.05) is 6.07 Å². The fraction of sp³-hybridized carbons (Fsp3) is 0.429. The maximum atomic E-state index is 13.4. The van der Waals surface area contributed by atoms with Gasteiger partial charge in [-0.3, -0.25) is 4.79 Å². The van der Waals surface area contributed by atoms with Crippen LogP contribution in [0.5, 0.6) is 0 Å². The van der Waals surface area contributed by atoms with Gasteiger partial charge in [-0.25, -0.2) is 9.18 Å². The molecule has 2 N–H and O–H groups in total. The first-order valence-electron chi connectivity index (χ1n) is 6.41. The molecule has 0 aromatic heterocycles. The van der Waals surface area contributed by atoms with Gasteiger partial charge in [0, 0.05) is 23.8 Å². The van der Waals surface area contributed by atoms with Crippen LogP contribution in [0.4, 0.5) is 14.9 Å². The molecule has 1 unspecified atom stereocenters. The second-order valence-electron chi connectivity index (χ2n) is 4.58. The van der Waals surface area contributed by atoms with Crippen LogP contribution in [0.2, 0.25) is 0 Å². The number of carboxylic acids is 1. The summed E-state index contributed by atoms with van der Waals surface area (Å²) in [6.45, 7) is 5.36. The molecular formula is C14H19FN2O3. The fourth-order valence-electron chi connectivity index (χ4n) is 1.95. The monoisotopic (exact) mass is 282 g/mol. The Morgan fingerprint density at radius 3 is 2.65 bits per heavy atom. The fourth-order valence-corrected chi connectivity index (χ4v) is 1.95. The Labute approximate surface area is 117 Å². The summed E-state index contributed by atoms with van der Waals surface area (Å²) in [6, 6.07) is 3.55. The maximum absolute atomic E-state index is 13.4. The number of carbonyl (C=O) groups is 2. The van der Waals surface area contributed by atoms with Crippen molar-refractivity contribution in [1.29, 1.82) is 0 Å². The standard InChI is InChI=1S/C14H19FN2O3/c1-4-17(9(2)8-13(18)19)14(20)16-12-7-5-6-11(15)10(12)3/h5-7,9H,4,8H2,1-3H3,(H,16,20)(H,18,19). The van der Waals surface area contributed by atoms with Crippen molar-refractivity contribution in [2.24, 2.45) is 0 Å². The average molecular weight is 282 g/mol. The minimum atomic E-state index is -0.967. The summed E-state index contributed by atoms with van der Waals surface area (Å²) < 4.78 is 13.4. The number of nitrogens with one attached hydrogen (secondary N) is 1. The van der Waals surface area contributed by atoms with Gasteiger partial charge in [-0.15, -0.1) is 0 Å². The number of benzene rings is 1. The normalized spacial score (nSPS) is 11.8. The molecule has 0 saturated heterocycles. The third kappa shape index (κ3) is 3.94. The Morgan fingerprint density at radius 1 is 1.45 bits per heavy atom. The van der Waals surface area contributed by atoms with Crippen LogP contribution in [-0.2, 0) is 4.79 Å². The zero-order valence-electron chi connectivity index (χ0n) is 11.8. The van der Waals surface area contributed by atoms with Crippen LogP contribution in [0.25, 0.3) is 0 Å². The van der Waals surface area contributed by atoms with E-state index in [1.807, 2.05) is 0 Å². The summed E-state index contributed by atoms with van der Waals surface area (Å²) in [7, 11) is 0. The SMILES string of the molecule is CCN(C(=O)Nc1cccc(F)c1C)C(C)CC(=O)O. The van der Waals surface area contributed by atoms with E-state index in [-0.39, 0.29) is 6.42 Å². The van der Waals surface area contributed by atoms with Crippen LogP contribution in [0.1, 0.15) is 25.8 Å². The summed E-state index contributed by atoms with van der Waals surface area (Å²) in [6.07, 6.45) is -0.136. The minimum Gasteiger partial charge on any atom is -0.481 e. The Kier molecular flexibility index (Phi) is 5.49. The quantitative estimate of drug-likeness (QED) is 0.872. The molecule has 1 rings (SSSR count). The highest BCUT2D eigenvalue weighted by Gasteiger charge is 2.21. The van der Waals surface area contributed by atoms with Crippen molar-refractivity contribution in [3.8, 4) is 0 Å². The van der Waals surface area contributed by atoms with Crippen molar-refractivity contribution in [3.05, 3.63) is 29.6 Å². The summed E-state index contributed by atoms with van der Waals surface area (Å²) in [4.78, 5) is 24.2. The highest BCUT2D eigenvalue weighted by molar-refractivity contribution is 5.90. The lowest BCUT2D eigenvalue weighted by molar-refractivity contribution is -0.137. The number of carboxylic acid groups (broad SMARTS) is 1. The summed E-state index contributed by atoms with van der Waals surface area (Å²) in [5.74, 6) is -1.37. The van der Waals surface area contributed by atoms with Crippen molar-refractivity contribution in [2.45, 2.75) is 33.2 Å². The van der Waals surface area contributed by atoms with Gasteiger partial charge >= 0.3 is 12.0 Å². The van der Waals surface area contributed by atoms with Gasteiger partial charge in [0.2, 0.25) is 0 Å². The second kappa shape index (κ2) is 6.88. The molecule has 0 bridgehead atoms. The minimum absolute atomic E-state index is 0.136. The van der Waals surface area contributed by atoms with Gasteiger partial charge in [-0.2, -0.15) is 0 Å². The molecule has 0 saturated carbocycles. The number of amides is 2. The summed E-state index contributed by atoms with van der Waals surface area (Å²) in [5.41, 5.74) is 0.735. The van der Waals surface area contributed by atoms with E-state index in [9.17, 15) is 14.0 Å².